The standard InChI is InChI=1S/C9H17N5O2/c1-16-7-6-13-2-4-14(5-3-13)9(15)8-11-12-10/h2-8H2,1H3. The summed E-state index contributed by atoms with van der Waals surface area (Å²) in [6, 6.07) is 0. The molecule has 0 bridgehead atoms. The molecule has 90 valence electrons. The summed E-state index contributed by atoms with van der Waals surface area (Å²) in [4.78, 5) is 18.1. The molecule has 0 spiro atoms. The Morgan fingerprint density at radius 1 is 1.44 bits per heavy atom. The third kappa shape index (κ3) is 4.06. The van der Waals surface area contributed by atoms with Gasteiger partial charge in [0, 0.05) is 44.7 Å². The van der Waals surface area contributed by atoms with Gasteiger partial charge >= 0.3 is 0 Å². The second kappa shape index (κ2) is 7.05. The third-order valence-electron chi connectivity index (χ3n) is 2.61. The van der Waals surface area contributed by atoms with Crippen LogP contribution in [0.15, 0.2) is 5.11 Å². The van der Waals surface area contributed by atoms with Crippen molar-refractivity contribution < 1.29 is 9.53 Å². The van der Waals surface area contributed by atoms with Crippen LogP contribution in [0.25, 0.3) is 10.4 Å². The number of carbonyl (C=O) groups is 1. The van der Waals surface area contributed by atoms with Gasteiger partial charge < -0.3 is 9.64 Å². The molecule has 1 aliphatic rings. The van der Waals surface area contributed by atoms with Crippen molar-refractivity contribution in [1.29, 1.82) is 0 Å². The van der Waals surface area contributed by atoms with Crippen molar-refractivity contribution in [3.05, 3.63) is 10.4 Å². The summed E-state index contributed by atoms with van der Waals surface area (Å²) in [7, 11) is 1.68. The van der Waals surface area contributed by atoms with Gasteiger partial charge in [-0.2, -0.15) is 0 Å². The first-order chi connectivity index (χ1) is 7.77. The van der Waals surface area contributed by atoms with Gasteiger partial charge in [-0.05, 0) is 5.53 Å². The van der Waals surface area contributed by atoms with Crippen LogP contribution < -0.4 is 0 Å². The Hall–Kier alpha value is -1.30. The van der Waals surface area contributed by atoms with Crippen LogP contribution in [0.4, 0.5) is 0 Å². The third-order valence-corrected chi connectivity index (χ3v) is 2.61. The molecule has 0 N–H and O–H groups in total. The molecule has 1 heterocycles. The maximum absolute atomic E-state index is 11.5. The molecule has 0 atom stereocenters. The largest absolute Gasteiger partial charge is 0.383 e. The van der Waals surface area contributed by atoms with E-state index in [0.717, 1.165) is 19.6 Å². The molecule has 0 unspecified atom stereocenters. The van der Waals surface area contributed by atoms with Gasteiger partial charge in [0.25, 0.3) is 0 Å². The van der Waals surface area contributed by atoms with Crippen LogP contribution in [0.2, 0.25) is 0 Å². The maximum Gasteiger partial charge on any atom is 0.228 e. The van der Waals surface area contributed by atoms with E-state index in [0.29, 0.717) is 19.7 Å². The molecule has 1 aliphatic heterocycles. The Morgan fingerprint density at radius 3 is 2.69 bits per heavy atom. The minimum absolute atomic E-state index is 0.0748. The molecule has 0 aromatic rings. The highest BCUT2D eigenvalue weighted by Crippen LogP contribution is 2.02. The fourth-order valence-electron chi connectivity index (χ4n) is 1.63. The summed E-state index contributed by atoms with van der Waals surface area (Å²) < 4.78 is 4.99. The van der Waals surface area contributed by atoms with Crippen LogP contribution >= 0.6 is 0 Å². The fraction of sp³-hybridized carbons (Fsp3) is 0.889. The van der Waals surface area contributed by atoms with Gasteiger partial charge in [0.15, 0.2) is 0 Å². The summed E-state index contributed by atoms with van der Waals surface area (Å²) in [5, 5.41) is 3.27. The van der Waals surface area contributed by atoms with Crippen molar-refractivity contribution in [2.75, 3.05) is 53.0 Å². The van der Waals surface area contributed by atoms with Gasteiger partial charge in [-0.15, -0.1) is 0 Å². The summed E-state index contributed by atoms with van der Waals surface area (Å²) in [6.45, 7) is 4.64. The van der Waals surface area contributed by atoms with E-state index in [4.69, 9.17) is 10.3 Å². The molecule has 1 saturated heterocycles. The predicted molar refractivity (Wildman–Crippen MR) is 58.9 cm³/mol. The second-order valence-corrected chi connectivity index (χ2v) is 3.60. The van der Waals surface area contributed by atoms with E-state index in [2.05, 4.69) is 14.9 Å². The fourth-order valence-corrected chi connectivity index (χ4v) is 1.63. The Bertz CT molecular complexity index is 269. The normalized spacial score (nSPS) is 16.9. The number of carbonyl (C=O) groups excluding carboxylic acids is 1. The van der Waals surface area contributed by atoms with E-state index < -0.39 is 0 Å². The number of rotatable bonds is 5. The van der Waals surface area contributed by atoms with E-state index in [1.54, 1.807) is 12.0 Å². The Labute approximate surface area is 94.6 Å². The van der Waals surface area contributed by atoms with Gasteiger partial charge in [0.05, 0.1) is 6.61 Å². The van der Waals surface area contributed by atoms with Crippen LogP contribution in [-0.4, -0.2) is 68.7 Å². The van der Waals surface area contributed by atoms with Gasteiger partial charge in [-0.1, -0.05) is 5.11 Å². The zero-order valence-electron chi connectivity index (χ0n) is 9.50. The van der Waals surface area contributed by atoms with E-state index in [1.165, 1.54) is 0 Å². The first-order valence-electron chi connectivity index (χ1n) is 5.28. The lowest BCUT2D eigenvalue weighted by Crippen LogP contribution is -2.49. The molecule has 0 aromatic carbocycles. The molecule has 0 radical (unpaired) electrons. The van der Waals surface area contributed by atoms with Crippen molar-refractivity contribution in [2.45, 2.75) is 0 Å². The topological polar surface area (TPSA) is 81.5 Å². The number of ether oxygens (including phenoxy) is 1. The van der Waals surface area contributed by atoms with Crippen molar-refractivity contribution in [3.63, 3.8) is 0 Å². The molecule has 16 heavy (non-hydrogen) atoms. The van der Waals surface area contributed by atoms with Crippen LogP contribution in [0.5, 0.6) is 0 Å². The molecule has 7 nitrogen and oxygen atoms in total. The first-order valence-corrected chi connectivity index (χ1v) is 5.28. The van der Waals surface area contributed by atoms with Crippen molar-refractivity contribution in [2.24, 2.45) is 5.11 Å². The maximum atomic E-state index is 11.5. The zero-order chi connectivity index (χ0) is 11.8. The minimum atomic E-state index is -0.0933. The number of methoxy groups -OCH3 is 1. The summed E-state index contributed by atoms with van der Waals surface area (Å²) in [6.07, 6.45) is 0. The molecule has 1 amide bonds. The van der Waals surface area contributed by atoms with Crippen molar-refractivity contribution >= 4 is 5.91 Å². The van der Waals surface area contributed by atoms with Crippen molar-refractivity contribution in [1.82, 2.24) is 9.80 Å². The highest BCUT2D eigenvalue weighted by atomic mass is 16.5. The SMILES string of the molecule is COCCN1CCN(C(=O)CN=[N+]=[N-])CC1. The molecule has 0 aromatic heterocycles. The molecule has 0 saturated carbocycles. The summed E-state index contributed by atoms with van der Waals surface area (Å²) in [5.41, 5.74) is 8.12. The summed E-state index contributed by atoms with van der Waals surface area (Å²) >= 11 is 0. The number of hydrogen-bond acceptors (Lipinski definition) is 4. The lowest BCUT2D eigenvalue weighted by molar-refractivity contribution is -0.131. The number of amides is 1. The monoisotopic (exact) mass is 227 g/mol. The zero-order valence-corrected chi connectivity index (χ0v) is 9.50. The van der Waals surface area contributed by atoms with Gasteiger partial charge in [0.1, 0.15) is 6.54 Å². The second-order valence-electron chi connectivity index (χ2n) is 3.60. The number of hydrogen-bond donors (Lipinski definition) is 0. The summed E-state index contributed by atoms with van der Waals surface area (Å²) in [5.74, 6) is -0.0933. The van der Waals surface area contributed by atoms with E-state index in [-0.39, 0.29) is 12.5 Å². The highest BCUT2D eigenvalue weighted by molar-refractivity contribution is 5.78. The molecule has 0 aliphatic carbocycles. The van der Waals surface area contributed by atoms with Gasteiger partial charge in [0.2, 0.25) is 5.91 Å². The molecule has 1 rings (SSSR count). The van der Waals surface area contributed by atoms with E-state index >= 15 is 0 Å². The Morgan fingerprint density at radius 2 is 2.12 bits per heavy atom. The lowest BCUT2D eigenvalue weighted by Gasteiger charge is -2.34. The van der Waals surface area contributed by atoms with Gasteiger partial charge in [-0.3, -0.25) is 9.69 Å². The highest BCUT2D eigenvalue weighted by Gasteiger charge is 2.19. The lowest BCUT2D eigenvalue weighted by atomic mass is 10.3. The Kier molecular flexibility index (Phi) is 5.63. The number of piperazine rings is 1. The Balaban J connectivity index is 2.25. The van der Waals surface area contributed by atoms with Gasteiger partial charge in [-0.25, -0.2) is 0 Å². The number of azide groups is 1. The quantitative estimate of drug-likeness (QED) is 0.379. The molecule has 1 fully saturated rings. The van der Waals surface area contributed by atoms with E-state index in [1.807, 2.05) is 0 Å². The average molecular weight is 227 g/mol. The molecular weight excluding hydrogens is 210 g/mol. The van der Waals surface area contributed by atoms with E-state index in [9.17, 15) is 4.79 Å². The van der Waals surface area contributed by atoms with Crippen molar-refractivity contribution in [3.8, 4) is 0 Å². The van der Waals surface area contributed by atoms with Crippen LogP contribution in [-0.2, 0) is 9.53 Å². The minimum Gasteiger partial charge on any atom is -0.383 e. The molecule has 7 heteroatoms. The number of nitrogens with zero attached hydrogens (tertiary/aromatic N) is 5. The molecular formula is C9H17N5O2. The average Bonchev–Trinajstić information content (AvgIpc) is 2.34. The first kappa shape index (κ1) is 12.8. The van der Waals surface area contributed by atoms with Crippen LogP contribution in [0, 0.1) is 0 Å². The smallest absolute Gasteiger partial charge is 0.228 e. The van der Waals surface area contributed by atoms with Crippen LogP contribution in [0.3, 0.4) is 0 Å². The van der Waals surface area contributed by atoms with Crippen LogP contribution in [0.1, 0.15) is 0 Å². The predicted octanol–water partition coefficient (Wildman–Crippen LogP) is 0.0873.